The summed E-state index contributed by atoms with van der Waals surface area (Å²) in [6.07, 6.45) is 2.43. The maximum absolute atomic E-state index is 11.8. The number of carbonyl (C=O) groups is 3. The summed E-state index contributed by atoms with van der Waals surface area (Å²) in [7, 11) is 1.51. The molecule has 18 heavy (non-hydrogen) atoms. The second kappa shape index (κ2) is 4.56. The molecule has 7 nitrogen and oxygen atoms in total. The maximum Gasteiger partial charge on any atom is 0.327 e. The van der Waals surface area contributed by atoms with Crippen molar-refractivity contribution in [2.75, 3.05) is 26.7 Å². The zero-order chi connectivity index (χ0) is 13.3. The van der Waals surface area contributed by atoms with Gasteiger partial charge in [-0.05, 0) is 19.3 Å². The van der Waals surface area contributed by atoms with Crippen molar-refractivity contribution in [2.24, 2.45) is 0 Å². The van der Waals surface area contributed by atoms with Gasteiger partial charge < -0.3 is 15.3 Å². The highest BCUT2D eigenvalue weighted by Gasteiger charge is 2.40. The van der Waals surface area contributed by atoms with Crippen molar-refractivity contribution in [3.05, 3.63) is 0 Å². The van der Waals surface area contributed by atoms with Crippen LogP contribution in [0.1, 0.15) is 19.3 Å². The molecule has 0 aromatic carbocycles. The van der Waals surface area contributed by atoms with Crippen LogP contribution in [0.5, 0.6) is 0 Å². The molecule has 0 atom stereocenters. The first-order chi connectivity index (χ1) is 8.47. The Morgan fingerprint density at radius 3 is 2.50 bits per heavy atom. The summed E-state index contributed by atoms with van der Waals surface area (Å²) in [5.41, 5.74) is -0.547. The largest absolute Gasteiger partial charge is 0.394 e. The molecule has 0 aromatic heterocycles. The highest BCUT2D eigenvalue weighted by Crippen LogP contribution is 2.31. The van der Waals surface area contributed by atoms with Crippen molar-refractivity contribution < 1.29 is 19.5 Å². The minimum atomic E-state index is -0.547. The lowest BCUT2D eigenvalue weighted by Crippen LogP contribution is -2.58. The molecule has 2 fully saturated rings. The molecule has 1 saturated heterocycles. The minimum Gasteiger partial charge on any atom is -0.394 e. The number of rotatable bonds is 4. The van der Waals surface area contributed by atoms with Crippen LogP contribution in [0, 0.1) is 0 Å². The molecule has 1 aliphatic heterocycles. The summed E-state index contributed by atoms with van der Waals surface area (Å²) in [6, 6.07) is -0.457. The molecule has 0 bridgehead atoms. The third-order valence-corrected chi connectivity index (χ3v) is 3.55. The smallest absolute Gasteiger partial charge is 0.327 e. The van der Waals surface area contributed by atoms with Gasteiger partial charge in [-0.15, -0.1) is 0 Å². The lowest BCUT2D eigenvalue weighted by atomic mass is 9.77. The van der Waals surface area contributed by atoms with Crippen molar-refractivity contribution in [1.82, 2.24) is 15.1 Å². The molecule has 0 radical (unpaired) electrons. The van der Waals surface area contributed by atoms with E-state index in [9.17, 15) is 19.5 Å². The van der Waals surface area contributed by atoms with Crippen LogP contribution >= 0.6 is 0 Å². The molecule has 1 aliphatic carbocycles. The Labute approximate surface area is 105 Å². The third-order valence-electron chi connectivity index (χ3n) is 3.55. The summed E-state index contributed by atoms with van der Waals surface area (Å²) >= 11 is 0. The van der Waals surface area contributed by atoms with Crippen LogP contribution in [0.25, 0.3) is 0 Å². The number of likely N-dealkylation sites (N-methyl/N-ethyl adjacent to an activating group) is 1. The van der Waals surface area contributed by atoms with Crippen LogP contribution in [0.3, 0.4) is 0 Å². The quantitative estimate of drug-likeness (QED) is 0.625. The molecule has 100 valence electrons. The van der Waals surface area contributed by atoms with E-state index in [0.717, 1.165) is 24.2 Å². The highest BCUT2D eigenvalue weighted by molar-refractivity contribution is 6.04. The first-order valence-corrected chi connectivity index (χ1v) is 5.95. The van der Waals surface area contributed by atoms with E-state index in [0.29, 0.717) is 0 Å². The van der Waals surface area contributed by atoms with E-state index in [2.05, 4.69) is 5.32 Å². The minimum absolute atomic E-state index is 0.0112. The molecule has 0 aromatic rings. The lowest BCUT2D eigenvalue weighted by molar-refractivity contribution is -0.132. The molecule has 7 heteroatoms. The van der Waals surface area contributed by atoms with Crippen molar-refractivity contribution in [1.29, 1.82) is 0 Å². The van der Waals surface area contributed by atoms with Gasteiger partial charge in [-0.2, -0.15) is 0 Å². The fourth-order valence-electron chi connectivity index (χ4n) is 2.23. The van der Waals surface area contributed by atoms with Crippen LogP contribution < -0.4 is 5.32 Å². The molecule has 2 rings (SSSR count). The number of hydrogen-bond donors (Lipinski definition) is 2. The van der Waals surface area contributed by atoms with Gasteiger partial charge in [0.2, 0.25) is 5.91 Å². The van der Waals surface area contributed by atoms with E-state index in [1.54, 1.807) is 0 Å². The number of aliphatic hydroxyl groups is 1. The third kappa shape index (κ3) is 2.17. The zero-order valence-electron chi connectivity index (χ0n) is 10.3. The van der Waals surface area contributed by atoms with Gasteiger partial charge in [-0.1, -0.05) is 0 Å². The predicted molar refractivity (Wildman–Crippen MR) is 61.5 cm³/mol. The standard InChI is InChI=1S/C11H17N3O4/c1-13-6-9(17)14(10(13)18)5-8(16)12-11(7-15)3-2-4-11/h15H,2-7H2,1H3,(H,12,16). The number of hydrogen-bond acceptors (Lipinski definition) is 4. The topological polar surface area (TPSA) is 90.0 Å². The van der Waals surface area contributed by atoms with Crippen LogP contribution in [-0.2, 0) is 9.59 Å². The van der Waals surface area contributed by atoms with E-state index in [-0.39, 0.29) is 25.6 Å². The van der Waals surface area contributed by atoms with Crippen molar-refractivity contribution in [2.45, 2.75) is 24.8 Å². The van der Waals surface area contributed by atoms with E-state index >= 15 is 0 Å². The fourth-order valence-corrected chi connectivity index (χ4v) is 2.23. The summed E-state index contributed by atoms with van der Waals surface area (Å²) in [4.78, 5) is 37.0. The lowest BCUT2D eigenvalue weighted by Gasteiger charge is -2.41. The van der Waals surface area contributed by atoms with E-state index in [1.807, 2.05) is 0 Å². The van der Waals surface area contributed by atoms with Gasteiger partial charge in [0.1, 0.15) is 13.1 Å². The van der Waals surface area contributed by atoms with Gasteiger partial charge in [-0.3, -0.25) is 14.5 Å². The van der Waals surface area contributed by atoms with Gasteiger partial charge in [-0.25, -0.2) is 4.79 Å². The first kappa shape index (κ1) is 12.8. The Kier molecular flexibility index (Phi) is 3.25. The Balaban J connectivity index is 1.91. The SMILES string of the molecule is CN1CC(=O)N(CC(=O)NC2(CO)CCC2)C1=O. The van der Waals surface area contributed by atoms with E-state index in [4.69, 9.17) is 0 Å². The molecule has 0 spiro atoms. The van der Waals surface area contributed by atoms with Gasteiger partial charge in [0.25, 0.3) is 5.91 Å². The number of urea groups is 1. The Morgan fingerprint density at radius 1 is 1.44 bits per heavy atom. The summed E-state index contributed by atoms with van der Waals surface area (Å²) < 4.78 is 0. The molecule has 0 unspecified atom stereocenters. The van der Waals surface area contributed by atoms with Crippen molar-refractivity contribution in [3.63, 3.8) is 0 Å². The van der Waals surface area contributed by atoms with Crippen LogP contribution in [0.2, 0.25) is 0 Å². The van der Waals surface area contributed by atoms with Crippen molar-refractivity contribution >= 4 is 17.8 Å². The highest BCUT2D eigenvalue weighted by atomic mass is 16.3. The molecule has 1 saturated carbocycles. The van der Waals surface area contributed by atoms with Gasteiger partial charge >= 0.3 is 6.03 Å². The van der Waals surface area contributed by atoms with Crippen LogP contribution in [0.15, 0.2) is 0 Å². The van der Waals surface area contributed by atoms with E-state index in [1.165, 1.54) is 11.9 Å². The molecule has 2 N–H and O–H groups in total. The number of amides is 4. The monoisotopic (exact) mass is 255 g/mol. The molecule has 2 aliphatic rings. The van der Waals surface area contributed by atoms with E-state index < -0.39 is 17.5 Å². The van der Waals surface area contributed by atoms with Gasteiger partial charge in [0, 0.05) is 7.05 Å². The molecule has 4 amide bonds. The van der Waals surface area contributed by atoms with Gasteiger partial charge in [0.15, 0.2) is 0 Å². The normalized spacial score (nSPS) is 22.1. The molecule has 1 heterocycles. The number of imide groups is 1. The number of nitrogens with one attached hydrogen (secondary N) is 1. The Bertz CT molecular complexity index is 386. The number of carbonyl (C=O) groups excluding carboxylic acids is 3. The van der Waals surface area contributed by atoms with Crippen LogP contribution in [0.4, 0.5) is 4.79 Å². The van der Waals surface area contributed by atoms with Crippen LogP contribution in [-0.4, -0.2) is 65.0 Å². The Hall–Kier alpha value is -1.63. The molecular weight excluding hydrogens is 238 g/mol. The number of nitrogens with zero attached hydrogens (tertiary/aromatic N) is 2. The summed E-state index contributed by atoms with van der Waals surface area (Å²) in [5.74, 6) is -0.773. The zero-order valence-corrected chi connectivity index (χ0v) is 10.3. The molecular formula is C11H17N3O4. The maximum atomic E-state index is 11.8. The van der Waals surface area contributed by atoms with Crippen molar-refractivity contribution in [3.8, 4) is 0 Å². The summed E-state index contributed by atoms with van der Waals surface area (Å²) in [6.45, 7) is -0.373. The fraction of sp³-hybridized carbons (Fsp3) is 0.727. The second-order valence-corrected chi connectivity index (χ2v) is 4.96. The first-order valence-electron chi connectivity index (χ1n) is 5.95. The number of aliphatic hydroxyl groups excluding tert-OH is 1. The summed E-state index contributed by atoms with van der Waals surface area (Å²) in [5, 5.41) is 11.9. The predicted octanol–water partition coefficient (Wildman–Crippen LogP) is -1.09. The average molecular weight is 255 g/mol. The second-order valence-electron chi connectivity index (χ2n) is 4.96. The Morgan fingerprint density at radius 2 is 2.11 bits per heavy atom. The average Bonchev–Trinajstić information content (AvgIpc) is 2.51. The van der Waals surface area contributed by atoms with Gasteiger partial charge in [0.05, 0.1) is 12.1 Å².